The maximum atomic E-state index is 13.3. The van der Waals surface area contributed by atoms with E-state index in [1.54, 1.807) is 81.4 Å². The van der Waals surface area contributed by atoms with Crippen molar-refractivity contribution in [1.29, 1.82) is 0 Å². The van der Waals surface area contributed by atoms with Crippen molar-refractivity contribution in [3.05, 3.63) is 108 Å². The highest BCUT2D eigenvalue weighted by atomic mass is 79.9. The number of carbonyl (C=O) groups excluding carboxylic acids is 2. The molecule has 0 spiro atoms. The molecule has 1 aliphatic heterocycles. The van der Waals surface area contributed by atoms with Gasteiger partial charge in [0.15, 0.2) is 12.2 Å². The molecule has 0 radical (unpaired) electrons. The number of aryl methyl sites for hydroxylation is 1. The Hall–Kier alpha value is -3.43. The third-order valence-corrected chi connectivity index (χ3v) is 7.42. The van der Waals surface area contributed by atoms with Crippen molar-refractivity contribution in [3.8, 4) is 5.75 Å². The van der Waals surface area contributed by atoms with Crippen molar-refractivity contribution >= 4 is 54.8 Å². The molecule has 3 aromatic carbocycles. The maximum Gasteiger partial charge on any atom is 0.338 e. The molecule has 0 fully saturated rings. The van der Waals surface area contributed by atoms with Gasteiger partial charge in [-0.25, -0.2) is 14.4 Å². The lowest BCUT2D eigenvalue weighted by molar-refractivity contribution is -0.122. The quantitative estimate of drug-likeness (QED) is 0.176. The van der Waals surface area contributed by atoms with Gasteiger partial charge in [-0.1, -0.05) is 31.9 Å². The Morgan fingerprint density at radius 3 is 1.97 bits per heavy atom. The summed E-state index contributed by atoms with van der Waals surface area (Å²) in [6.07, 6.45) is -2.22. The van der Waals surface area contributed by atoms with Gasteiger partial charge in [-0.2, -0.15) is 0 Å². The number of carbonyl (C=O) groups is 2. The molecule has 0 amide bonds. The normalized spacial score (nSPS) is 17.8. The number of ether oxygens (including phenoxy) is 3. The van der Waals surface area contributed by atoms with Gasteiger partial charge in [-0.3, -0.25) is 0 Å². The maximum absolute atomic E-state index is 13.3. The summed E-state index contributed by atoms with van der Waals surface area (Å²) in [5.74, 6) is -0.895. The van der Waals surface area contributed by atoms with Gasteiger partial charge in [0.1, 0.15) is 16.9 Å². The van der Waals surface area contributed by atoms with Crippen LogP contribution in [0.1, 0.15) is 51.8 Å². The fourth-order valence-corrected chi connectivity index (χ4v) is 4.99. The second-order valence-corrected chi connectivity index (χ2v) is 11.3. The number of hydrogen-bond acceptors (Lipinski definition) is 7. The van der Waals surface area contributed by atoms with E-state index >= 15 is 0 Å². The van der Waals surface area contributed by atoms with Gasteiger partial charge in [0.05, 0.1) is 16.7 Å². The van der Waals surface area contributed by atoms with E-state index in [4.69, 9.17) is 18.6 Å². The smallest absolute Gasteiger partial charge is 0.338 e. The minimum Gasteiger partial charge on any atom is -0.483 e. The molecule has 0 saturated heterocycles. The van der Waals surface area contributed by atoms with Crippen LogP contribution in [-0.4, -0.2) is 23.6 Å². The second-order valence-electron chi connectivity index (χ2n) is 9.47. The SMILES string of the molecule is Cc1cc(=O)oc2c3c(ccc12)OC(C)(C)[C@@H](OC(=O)c1ccc(Br)cc1)[C@H]3OC(=O)c1ccc(Br)cc1. The molecule has 0 saturated carbocycles. The molecule has 0 aliphatic carbocycles. The first-order valence-corrected chi connectivity index (χ1v) is 13.3. The van der Waals surface area contributed by atoms with Crippen LogP contribution in [-0.2, 0) is 9.47 Å². The van der Waals surface area contributed by atoms with Crippen LogP contribution < -0.4 is 10.4 Å². The lowest BCUT2D eigenvalue weighted by Crippen LogP contribution is -2.52. The summed E-state index contributed by atoms with van der Waals surface area (Å²) < 4.78 is 25.5. The van der Waals surface area contributed by atoms with E-state index < -0.39 is 35.4 Å². The highest BCUT2D eigenvalue weighted by Gasteiger charge is 2.50. The number of fused-ring (bicyclic) bond motifs is 3. The number of hydrogen-bond donors (Lipinski definition) is 0. The molecular weight excluding hydrogens is 620 g/mol. The van der Waals surface area contributed by atoms with Crippen molar-refractivity contribution in [2.24, 2.45) is 0 Å². The van der Waals surface area contributed by atoms with Crippen molar-refractivity contribution in [2.45, 2.75) is 38.6 Å². The van der Waals surface area contributed by atoms with Gasteiger partial charge >= 0.3 is 17.6 Å². The summed E-state index contributed by atoms with van der Waals surface area (Å²) in [7, 11) is 0. The Balaban J connectivity index is 1.65. The van der Waals surface area contributed by atoms with Crippen LogP contribution >= 0.6 is 31.9 Å². The van der Waals surface area contributed by atoms with E-state index in [1.165, 1.54) is 6.07 Å². The van der Waals surface area contributed by atoms with Crippen LogP contribution in [0.25, 0.3) is 11.0 Å². The van der Waals surface area contributed by atoms with Gasteiger partial charge < -0.3 is 18.6 Å². The first-order valence-electron chi connectivity index (χ1n) is 11.7. The molecule has 2 atom stereocenters. The Kier molecular flexibility index (Phi) is 6.92. The van der Waals surface area contributed by atoms with E-state index in [9.17, 15) is 14.4 Å². The highest BCUT2D eigenvalue weighted by Crippen LogP contribution is 2.47. The number of rotatable bonds is 4. The van der Waals surface area contributed by atoms with Crippen LogP contribution in [0.15, 0.2) is 84.9 Å². The van der Waals surface area contributed by atoms with Crippen molar-refractivity contribution in [2.75, 3.05) is 0 Å². The zero-order chi connectivity index (χ0) is 27.2. The number of esters is 2. The molecule has 0 bridgehead atoms. The molecule has 1 aliphatic rings. The molecule has 0 N–H and O–H groups in total. The van der Waals surface area contributed by atoms with Gasteiger partial charge in [-0.05, 0) is 87.0 Å². The number of halogens is 2. The van der Waals surface area contributed by atoms with Crippen molar-refractivity contribution in [1.82, 2.24) is 0 Å². The molecular formula is C29H22Br2O7. The van der Waals surface area contributed by atoms with Crippen LogP contribution in [0.3, 0.4) is 0 Å². The van der Waals surface area contributed by atoms with E-state index in [-0.39, 0.29) is 5.58 Å². The third kappa shape index (κ3) is 5.00. The number of benzene rings is 3. The van der Waals surface area contributed by atoms with Crippen LogP contribution in [0.5, 0.6) is 5.75 Å². The fourth-order valence-electron chi connectivity index (χ4n) is 4.47. The Bertz CT molecular complexity index is 1610. The largest absolute Gasteiger partial charge is 0.483 e. The average Bonchev–Trinajstić information content (AvgIpc) is 2.86. The minimum atomic E-state index is -1.14. The fraction of sp³-hybridized carbons (Fsp3) is 0.207. The lowest BCUT2D eigenvalue weighted by Gasteiger charge is -2.43. The van der Waals surface area contributed by atoms with Gasteiger partial charge in [0, 0.05) is 20.4 Å². The molecule has 194 valence electrons. The summed E-state index contributed by atoms with van der Waals surface area (Å²) in [6, 6.07) is 18.3. The highest BCUT2D eigenvalue weighted by molar-refractivity contribution is 9.10. The summed E-state index contributed by atoms with van der Waals surface area (Å²) in [4.78, 5) is 38.9. The Labute approximate surface area is 235 Å². The Morgan fingerprint density at radius 1 is 0.842 bits per heavy atom. The van der Waals surface area contributed by atoms with Gasteiger partial charge in [0.25, 0.3) is 0 Å². The molecule has 1 aromatic heterocycles. The molecule has 5 rings (SSSR count). The minimum absolute atomic E-state index is 0.210. The summed E-state index contributed by atoms with van der Waals surface area (Å²) >= 11 is 6.72. The predicted octanol–water partition coefficient (Wildman–Crippen LogP) is 6.92. The molecule has 9 heteroatoms. The van der Waals surface area contributed by atoms with Crippen LogP contribution in [0, 0.1) is 6.92 Å². The van der Waals surface area contributed by atoms with E-state index in [1.807, 2.05) is 0 Å². The standard InChI is InChI=1S/C29H22Br2O7/c1-15-14-22(32)35-24-20(15)12-13-21-23(24)25(36-27(33)16-4-8-18(30)9-5-16)26(29(2,3)38-21)37-28(34)17-6-10-19(31)11-7-17/h4-14,25-26H,1-3H3/t25-,26-/m0/s1. The van der Waals surface area contributed by atoms with Crippen molar-refractivity contribution in [3.63, 3.8) is 0 Å². The monoisotopic (exact) mass is 640 g/mol. The second kappa shape index (κ2) is 10.0. The predicted molar refractivity (Wildman–Crippen MR) is 148 cm³/mol. The lowest BCUT2D eigenvalue weighted by atomic mass is 9.86. The molecule has 7 nitrogen and oxygen atoms in total. The zero-order valence-electron chi connectivity index (χ0n) is 20.6. The summed E-state index contributed by atoms with van der Waals surface area (Å²) in [5, 5.41) is 0.648. The topological polar surface area (TPSA) is 92.0 Å². The average molecular weight is 642 g/mol. The zero-order valence-corrected chi connectivity index (χ0v) is 23.8. The van der Waals surface area contributed by atoms with E-state index in [2.05, 4.69) is 31.9 Å². The summed E-state index contributed by atoms with van der Waals surface area (Å²) in [6.45, 7) is 5.27. The molecule has 2 heterocycles. The Morgan fingerprint density at radius 2 is 1.39 bits per heavy atom. The first-order chi connectivity index (χ1) is 18.0. The van der Waals surface area contributed by atoms with E-state index in [0.29, 0.717) is 33.4 Å². The third-order valence-electron chi connectivity index (χ3n) is 6.36. The first kappa shape index (κ1) is 26.2. The summed E-state index contributed by atoms with van der Waals surface area (Å²) in [5.41, 5.74) is 0.159. The van der Waals surface area contributed by atoms with Gasteiger partial charge in [0.2, 0.25) is 0 Å². The molecule has 38 heavy (non-hydrogen) atoms. The van der Waals surface area contributed by atoms with Gasteiger partial charge in [-0.15, -0.1) is 0 Å². The van der Waals surface area contributed by atoms with Crippen LogP contribution in [0.2, 0.25) is 0 Å². The molecule has 0 unspecified atom stereocenters. The van der Waals surface area contributed by atoms with Crippen molar-refractivity contribution < 1.29 is 28.2 Å². The van der Waals surface area contributed by atoms with Crippen LogP contribution in [0.4, 0.5) is 0 Å². The molecule has 4 aromatic rings. The van der Waals surface area contributed by atoms with E-state index in [0.717, 1.165) is 8.95 Å².